The van der Waals surface area contributed by atoms with Gasteiger partial charge in [-0.15, -0.1) is 0 Å². The minimum Gasteiger partial charge on any atom is -0.507 e. The molecule has 0 spiro atoms. The molecule has 240 valence electrons. The van der Waals surface area contributed by atoms with Crippen molar-refractivity contribution in [3.8, 4) is 16.9 Å². The second-order valence-electron chi connectivity index (χ2n) is 11.9. The van der Waals surface area contributed by atoms with Gasteiger partial charge in [-0.2, -0.15) is 0 Å². The lowest BCUT2D eigenvalue weighted by Gasteiger charge is -2.48. The molecule has 1 amide bonds. The van der Waals surface area contributed by atoms with Crippen molar-refractivity contribution in [1.82, 2.24) is 0 Å². The highest BCUT2D eigenvalue weighted by molar-refractivity contribution is 6.31. The van der Waals surface area contributed by atoms with Gasteiger partial charge in [-0.05, 0) is 59.4 Å². The number of β-lactam (4-membered cyclic amide) rings is 1. The number of ether oxygens (including phenoxy) is 1. The van der Waals surface area contributed by atoms with E-state index in [1.165, 1.54) is 0 Å². The van der Waals surface area contributed by atoms with E-state index < -0.39 is 49.1 Å². The zero-order valence-electron chi connectivity index (χ0n) is 24.8. The van der Waals surface area contributed by atoms with Crippen molar-refractivity contribution in [3.05, 3.63) is 119 Å². The van der Waals surface area contributed by atoms with Crippen molar-refractivity contribution in [1.29, 1.82) is 0 Å². The van der Waals surface area contributed by atoms with Gasteiger partial charge in [0.25, 0.3) is 0 Å². The normalized spacial score (nSPS) is 26.9. The maximum Gasteiger partial charge on any atom is 0.233 e. The average molecular weight is 646 g/mol. The Morgan fingerprint density at radius 1 is 0.826 bits per heavy atom. The number of hydrogen-bond acceptors (Lipinski definition) is 8. The molecule has 0 aliphatic carbocycles. The van der Waals surface area contributed by atoms with E-state index in [1.54, 1.807) is 59.5 Å². The van der Waals surface area contributed by atoms with E-state index >= 15 is 0 Å². The first-order chi connectivity index (χ1) is 22.2. The Morgan fingerprint density at radius 2 is 1.50 bits per heavy atom. The van der Waals surface area contributed by atoms with Crippen LogP contribution in [0.15, 0.2) is 97.1 Å². The zero-order chi connectivity index (χ0) is 32.5. The first-order valence-electron chi connectivity index (χ1n) is 15.2. The molecule has 2 fully saturated rings. The lowest BCUT2D eigenvalue weighted by Crippen LogP contribution is -2.55. The fourth-order valence-corrected chi connectivity index (χ4v) is 6.79. The zero-order valence-corrected chi connectivity index (χ0v) is 25.6. The number of aliphatic hydroxyl groups excluding tert-OH is 5. The highest BCUT2D eigenvalue weighted by Crippen LogP contribution is 2.48. The third-order valence-electron chi connectivity index (χ3n) is 9.07. The Morgan fingerprint density at radius 3 is 2.17 bits per heavy atom. The molecule has 8 atom stereocenters. The van der Waals surface area contributed by atoms with E-state index in [1.807, 2.05) is 42.5 Å². The number of carbonyl (C=O) groups excluding carboxylic acids is 1. The number of hydrogen-bond donors (Lipinski definition) is 6. The van der Waals surface area contributed by atoms with Crippen LogP contribution in [0.2, 0.25) is 5.02 Å². The Balaban J connectivity index is 1.23. The van der Waals surface area contributed by atoms with Crippen LogP contribution < -0.4 is 4.90 Å². The summed E-state index contributed by atoms with van der Waals surface area (Å²) in [6.45, 7) is -0.517. The lowest BCUT2D eigenvalue weighted by molar-refractivity contribution is -0.231. The second kappa shape index (κ2) is 13.5. The Hall–Kier alpha value is -3.80. The predicted molar refractivity (Wildman–Crippen MR) is 172 cm³/mol. The number of phenols is 1. The standard InChI is InChI=1S/C36H36ClNO8/c37-27-9-5-4-8-25(27)28(40)17-16-26-31(38(36(26)45)23-6-2-1-3-7-23)22-14-15-24(29(41)18-22)20-10-12-21(13-11-20)35-34(44)33(43)32(42)30(19-39)46-35/h1-15,18,26,28,30-35,39-44H,16-17,19H2/t26-,28+,30-,31-,32-,33+,34-,35+/m1/s1. The molecule has 6 rings (SSSR count). The number of aliphatic hydroxyl groups is 5. The van der Waals surface area contributed by atoms with E-state index in [2.05, 4.69) is 0 Å². The van der Waals surface area contributed by atoms with Crippen molar-refractivity contribution < 1.29 is 40.2 Å². The summed E-state index contributed by atoms with van der Waals surface area (Å²) in [4.78, 5) is 15.2. The van der Waals surface area contributed by atoms with Crippen LogP contribution in [0.5, 0.6) is 5.75 Å². The topological polar surface area (TPSA) is 151 Å². The molecule has 9 nitrogen and oxygen atoms in total. The van der Waals surface area contributed by atoms with Crippen molar-refractivity contribution in [3.63, 3.8) is 0 Å². The number of aromatic hydroxyl groups is 1. The molecule has 0 aromatic heterocycles. The Kier molecular flexibility index (Phi) is 9.44. The minimum atomic E-state index is -1.48. The number of phenolic OH excluding ortho intramolecular Hbond substituents is 1. The molecule has 10 heteroatoms. The molecular formula is C36H36ClNO8. The lowest BCUT2D eigenvalue weighted by atomic mass is 9.78. The molecule has 46 heavy (non-hydrogen) atoms. The Bertz CT molecular complexity index is 1670. The van der Waals surface area contributed by atoms with Gasteiger partial charge in [0.15, 0.2) is 0 Å². The summed E-state index contributed by atoms with van der Waals surface area (Å²) >= 11 is 6.29. The average Bonchev–Trinajstić information content (AvgIpc) is 3.07. The van der Waals surface area contributed by atoms with Gasteiger partial charge < -0.3 is 40.3 Å². The van der Waals surface area contributed by atoms with E-state index in [9.17, 15) is 35.4 Å². The monoisotopic (exact) mass is 645 g/mol. The second-order valence-corrected chi connectivity index (χ2v) is 12.3. The largest absolute Gasteiger partial charge is 0.507 e. The number of benzene rings is 4. The first-order valence-corrected chi connectivity index (χ1v) is 15.6. The maximum absolute atomic E-state index is 13.5. The molecule has 4 aromatic rings. The highest BCUT2D eigenvalue weighted by Gasteiger charge is 2.49. The van der Waals surface area contributed by atoms with Gasteiger partial charge in [-0.1, -0.05) is 84.4 Å². The summed E-state index contributed by atoms with van der Waals surface area (Å²) in [6.07, 6.45) is -6.37. The molecule has 2 aliphatic rings. The van der Waals surface area contributed by atoms with Crippen molar-refractivity contribution in [2.24, 2.45) is 5.92 Å². The maximum atomic E-state index is 13.5. The summed E-state index contributed by atoms with van der Waals surface area (Å²) < 4.78 is 5.66. The first kappa shape index (κ1) is 32.2. The molecule has 0 saturated carbocycles. The number of carbonyl (C=O) groups is 1. The van der Waals surface area contributed by atoms with Gasteiger partial charge in [0, 0.05) is 16.3 Å². The van der Waals surface area contributed by atoms with Crippen LogP contribution in [-0.4, -0.2) is 67.6 Å². The molecular weight excluding hydrogens is 610 g/mol. The molecule has 0 radical (unpaired) electrons. The van der Waals surface area contributed by atoms with E-state index in [0.29, 0.717) is 40.1 Å². The number of para-hydroxylation sites is 1. The van der Waals surface area contributed by atoms with E-state index in [0.717, 1.165) is 11.3 Å². The fourth-order valence-electron chi connectivity index (χ4n) is 6.53. The predicted octanol–water partition coefficient (Wildman–Crippen LogP) is 4.45. The summed E-state index contributed by atoms with van der Waals surface area (Å²) in [7, 11) is 0. The molecule has 0 unspecified atom stereocenters. The summed E-state index contributed by atoms with van der Waals surface area (Å²) in [5, 5.41) is 62.8. The molecule has 2 heterocycles. The third-order valence-corrected chi connectivity index (χ3v) is 9.41. The third kappa shape index (κ3) is 6.03. The fraction of sp³-hybridized carbons (Fsp3) is 0.306. The van der Waals surface area contributed by atoms with Crippen molar-refractivity contribution >= 4 is 23.2 Å². The quantitative estimate of drug-likeness (QED) is 0.146. The van der Waals surface area contributed by atoms with Crippen LogP contribution in [0.4, 0.5) is 5.69 Å². The van der Waals surface area contributed by atoms with Gasteiger partial charge in [0.1, 0.15) is 36.3 Å². The van der Waals surface area contributed by atoms with Crippen molar-refractivity contribution in [2.45, 2.75) is 55.5 Å². The van der Waals surface area contributed by atoms with Crippen LogP contribution in [0, 0.1) is 5.92 Å². The van der Waals surface area contributed by atoms with Gasteiger partial charge in [-0.25, -0.2) is 0 Å². The summed E-state index contributed by atoms with van der Waals surface area (Å²) in [6, 6.07) is 28.3. The molecule has 2 saturated heterocycles. The molecule has 2 aliphatic heterocycles. The van der Waals surface area contributed by atoms with Gasteiger partial charge in [0.2, 0.25) is 5.91 Å². The van der Waals surface area contributed by atoms with Gasteiger partial charge in [0.05, 0.1) is 24.7 Å². The van der Waals surface area contributed by atoms with Crippen LogP contribution in [0.1, 0.15) is 47.8 Å². The highest BCUT2D eigenvalue weighted by atomic mass is 35.5. The number of halogens is 1. The van der Waals surface area contributed by atoms with Crippen LogP contribution in [-0.2, 0) is 9.53 Å². The number of anilines is 1. The minimum absolute atomic E-state index is 0.0142. The molecule has 4 aromatic carbocycles. The van der Waals surface area contributed by atoms with Crippen LogP contribution >= 0.6 is 11.6 Å². The molecule has 0 bridgehead atoms. The van der Waals surface area contributed by atoms with Crippen molar-refractivity contribution in [2.75, 3.05) is 11.5 Å². The number of rotatable bonds is 9. The van der Waals surface area contributed by atoms with Crippen LogP contribution in [0.3, 0.4) is 0 Å². The van der Waals surface area contributed by atoms with E-state index in [-0.39, 0.29) is 17.7 Å². The summed E-state index contributed by atoms with van der Waals surface area (Å²) in [5.74, 6) is -0.462. The summed E-state index contributed by atoms with van der Waals surface area (Å²) in [5.41, 5.74) is 3.87. The van der Waals surface area contributed by atoms with Gasteiger partial charge in [-0.3, -0.25) is 4.79 Å². The number of amides is 1. The van der Waals surface area contributed by atoms with Crippen LogP contribution in [0.25, 0.3) is 11.1 Å². The van der Waals surface area contributed by atoms with E-state index in [4.69, 9.17) is 16.3 Å². The Labute approximate surface area is 271 Å². The number of nitrogens with zero attached hydrogens (tertiary/aromatic N) is 1. The smallest absolute Gasteiger partial charge is 0.233 e. The molecule has 6 N–H and O–H groups in total. The van der Waals surface area contributed by atoms with Gasteiger partial charge >= 0.3 is 0 Å². The SMILES string of the molecule is O=C1[C@H](CC[C@H](O)c2ccccc2Cl)[C@@H](c2ccc(-c3ccc([C@@H]4O[C@H](CO)[C@@H](O)[C@H](O)[C@H]4O)cc3)c(O)c2)N1c1ccccc1.